The molecule has 0 aliphatic heterocycles. The summed E-state index contributed by atoms with van der Waals surface area (Å²) in [5, 5.41) is 8.12. The van der Waals surface area contributed by atoms with Crippen molar-refractivity contribution >= 4 is 34.8 Å². The number of benzene rings is 1. The summed E-state index contributed by atoms with van der Waals surface area (Å²) < 4.78 is 0. The Bertz CT molecular complexity index is 596. The van der Waals surface area contributed by atoms with E-state index in [-0.39, 0.29) is 21.2 Å². The summed E-state index contributed by atoms with van der Waals surface area (Å²) in [7, 11) is 0. The molecule has 1 aromatic carbocycles. The van der Waals surface area contributed by atoms with E-state index in [1.54, 1.807) is 0 Å². The first-order valence-corrected chi connectivity index (χ1v) is 5.00. The van der Waals surface area contributed by atoms with Crippen molar-refractivity contribution in [2.24, 2.45) is 0 Å². The van der Waals surface area contributed by atoms with Crippen molar-refractivity contribution in [1.29, 1.82) is 5.26 Å². The van der Waals surface area contributed by atoms with Crippen LogP contribution < -0.4 is 0 Å². The molecule has 78 valence electrons. The lowest BCUT2D eigenvalue weighted by atomic mass is 9.93. The number of fused-ring (bicyclic) bond motifs is 1. The van der Waals surface area contributed by atoms with E-state index >= 15 is 0 Å². The molecule has 0 atom stereocenters. The van der Waals surface area contributed by atoms with E-state index in [1.807, 2.05) is 6.07 Å². The first kappa shape index (κ1) is 10.9. The van der Waals surface area contributed by atoms with Crippen LogP contribution in [0.1, 0.15) is 26.3 Å². The van der Waals surface area contributed by atoms with E-state index in [2.05, 4.69) is 0 Å². The molecule has 3 nitrogen and oxygen atoms in total. The number of nitriles is 1. The van der Waals surface area contributed by atoms with E-state index in [1.165, 1.54) is 18.2 Å². The second-order valence-corrected chi connectivity index (χ2v) is 3.91. The highest BCUT2D eigenvalue weighted by atomic mass is 35.5. The fourth-order valence-electron chi connectivity index (χ4n) is 1.44. The van der Waals surface area contributed by atoms with E-state index < -0.39 is 11.6 Å². The number of carbonyl (C=O) groups excluding carboxylic acids is 2. The van der Waals surface area contributed by atoms with E-state index in [9.17, 15) is 9.59 Å². The molecule has 0 amide bonds. The SMILES string of the molecule is N#Cc1ccc2c(c1)C(=O)C(Cl)=C(Cl)C2=O. The standard InChI is InChI=1S/C11H3Cl2NO2/c12-8-9(13)11(16)7-3-5(4-14)1-2-6(7)10(8)15/h1-3H. The predicted octanol–water partition coefficient (Wildman–Crippen LogP) is 2.63. The Morgan fingerprint density at radius 2 is 1.56 bits per heavy atom. The molecular formula is C11H3Cl2NO2. The molecule has 0 saturated carbocycles. The lowest BCUT2D eigenvalue weighted by Crippen LogP contribution is -2.17. The molecule has 1 aliphatic rings. The first-order valence-electron chi connectivity index (χ1n) is 4.25. The van der Waals surface area contributed by atoms with Crippen LogP contribution in [0.4, 0.5) is 0 Å². The number of allylic oxidation sites excluding steroid dienone is 2. The number of nitrogens with zero attached hydrogens (tertiary/aromatic N) is 1. The Morgan fingerprint density at radius 1 is 1.00 bits per heavy atom. The van der Waals surface area contributed by atoms with Crippen LogP contribution in [0.3, 0.4) is 0 Å². The second kappa shape index (κ2) is 3.75. The maximum absolute atomic E-state index is 11.7. The minimum atomic E-state index is -0.529. The van der Waals surface area contributed by atoms with Crippen LogP contribution in [-0.2, 0) is 0 Å². The summed E-state index contributed by atoms with van der Waals surface area (Å²) in [6.07, 6.45) is 0. The maximum Gasteiger partial charge on any atom is 0.206 e. The van der Waals surface area contributed by atoms with Gasteiger partial charge in [0, 0.05) is 11.1 Å². The zero-order valence-electron chi connectivity index (χ0n) is 7.75. The highest BCUT2D eigenvalue weighted by molar-refractivity contribution is 6.59. The minimum Gasteiger partial charge on any atom is -0.288 e. The summed E-state index contributed by atoms with van der Waals surface area (Å²) in [6, 6.07) is 6.07. The Kier molecular flexibility index (Phi) is 2.55. The van der Waals surface area contributed by atoms with Crippen molar-refractivity contribution in [3.63, 3.8) is 0 Å². The number of rotatable bonds is 0. The lowest BCUT2D eigenvalue weighted by Gasteiger charge is -2.13. The lowest BCUT2D eigenvalue weighted by molar-refractivity contribution is 0.0987. The van der Waals surface area contributed by atoms with Gasteiger partial charge in [-0.15, -0.1) is 0 Å². The van der Waals surface area contributed by atoms with Crippen LogP contribution in [-0.4, -0.2) is 11.6 Å². The monoisotopic (exact) mass is 251 g/mol. The molecule has 0 N–H and O–H groups in total. The topological polar surface area (TPSA) is 57.9 Å². The van der Waals surface area contributed by atoms with Crippen molar-refractivity contribution < 1.29 is 9.59 Å². The molecule has 0 saturated heterocycles. The van der Waals surface area contributed by atoms with Gasteiger partial charge in [0.1, 0.15) is 10.1 Å². The van der Waals surface area contributed by atoms with Gasteiger partial charge in [0.05, 0.1) is 11.6 Å². The number of ketones is 2. The Morgan fingerprint density at radius 3 is 2.12 bits per heavy atom. The normalized spacial score (nSPS) is 14.8. The number of hydrogen-bond donors (Lipinski definition) is 0. The van der Waals surface area contributed by atoms with Crippen molar-refractivity contribution in [1.82, 2.24) is 0 Å². The van der Waals surface area contributed by atoms with Gasteiger partial charge in [0.25, 0.3) is 0 Å². The van der Waals surface area contributed by atoms with E-state index in [4.69, 9.17) is 28.5 Å². The highest BCUT2D eigenvalue weighted by Gasteiger charge is 2.30. The van der Waals surface area contributed by atoms with Crippen LogP contribution in [0.5, 0.6) is 0 Å². The van der Waals surface area contributed by atoms with Crippen molar-refractivity contribution in [2.75, 3.05) is 0 Å². The van der Waals surface area contributed by atoms with E-state index in [0.717, 1.165) is 0 Å². The molecule has 0 bridgehead atoms. The third-order valence-corrected chi connectivity index (χ3v) is 3.05. The molecular weight excluding hydrogens is 249 g/mol. The fraction of sp³-hybridized carbons (Fsp3) is 0. The first-order chi connectivity index (χ1) is 7.56. The van der Waals surface area contributed by atoms with Gasteiger partial charge in [0.15, 0.2) is 0 Å². The van der Waals surface area contributed by atoms with Gasteiger partial charge < -0.3 is 0 Å². The van der Waals surface area contributed by atoms with Crippen molar-refractivity contribution in [2.45, 2.75) is 0 Å². The van der Waals surface area contributed by atoms with Crippen LogP contribution in [0.2, 0.25) is 0 Å². The van der Waals surface area contributed by atoms with Gasteiger partial charge >= 0.3 is 0 Å². The molecule has 16 heavy (non-hydrogen) atoms. The minimum absolute atomic E-state index is 0.124. The second-order valence-electron chi connectivity index (χ2n) is 3.16. The van der Waals surface area contributed by atoms with Gasteiger partial charge in [-0.05, 0) is 18.2 Å². The maximum atomic E-state index is 11.7. The molecule has 1 aliphatic carbocycles. The zero-order chi connectivity index (χ0) is 11.9. The number of Topliss-reactive ketones (excluding diaryl/α,β-unsaturated/α-hetero) is 2. The number of carbonyl (C=O) groups is 2. The van der Waals surface area contributed by atoms with Gasteiger partial charge in [-0.25, -0.2) is 0 Å². The Balaban J connectivity index is 2.73. The molecule has 0 aromatic heterocycles. The Labute approximate surface area is 101 Å². The van der Waals surface area contributed by atoms with Crippen LogP contribution >= 0.6 is 23.2 Å². The number of halogens is 2. The summed E-state index contributed by atoms with van der Waals surface area (Å²) in [6.45, 7) is 0. The molecule has 0 radical (unpaired) electrons. The van der Waals surface area contributed by atoms with Crippen LogP contribution in [0, 0.1) is 11.3 Å². The Hall–Kier alpha value is -1.63. The fourth-order valence-corrected chi connectivity index (χ4v) is 1.81. The summed E-state index contributed by atoms with van der Waals surface area (Å²) in [5.74, 6) is -1.02. The molecule has 2 rings (SSSR count). The zero-order valence-corrected chi connectivity index (χ0v) is 9.26. The number of hydrogen-bond acceptors (Lipinski definition) is 3. The summed E-state index contributed by atoms with van der Waals surface area (Å²) >= 11 is 11.3. The smallest absolute Gasteiger partial charge is 0.206 e. The molecule has 0 spiro atoms. The average molecular weight is 252 g/mol. The van der Waals surface area contributed by atoms with E-state index in [0.29, 0.717) is 5.56 Å². The van der Waals surface area contributed by atoms with Gasteiger partial charge in [-0.2, -0.15) is 5.26 Å². The van der Waals surface area contributed by atoms with Gasteiger partial charge in [-0.1, -0.05) is 23.2 Å². The predicted molar refractivity (Wildman–Crippen MR) is 58.6 cm³/mol. The van der Waals surface area contributed by atoms with Crippen molar-refractivity contribution in [3.8, 4) is 6.07 Å². The molecule has 1 aromatic rings. The average Bonchev–Trinajstić information content (AvgIpc) is 2.33. The summed E-state index contributed by atoms with van der Waals surface area (Å²) in [4.78, 5) is 23.4. The third kappa shape index (κ3) is 1.44. The quantitative estimate of drug-likeness (QED) is 0.713. The molecule has 0 unspecified atom stereocenters. The third-order valence-electron chi connectivity index (χ3n) is 2.23. The van der Waals surface area contributed by atoms with Crippen molar-refractivity contribution in [3.05, 3.63) is 45.0 Å². The summed E-state index contributed by atoms with van der Waals surface area (Å²) in [5.41, 5.74) is 0.597. The molecule has 5 heteroatoms. The van der Waals surface area contributed by atoms with Crippen LogP contribution in [0.15, 0.2) is 28.3 Å². The van der Waals surface area contributed by atoms with Gasteiger partial charge in [-0.3, -0.25) is 9.59 Å². The molecule has 0 fully saturated rings. The molecule has 0 heterocycles. The van der Waals surface area contributed by atoms with Gasteiger partial charge in [0.2, 0.25) is 11.6 Å². The van der Waals surface area contributed by atoms with Crippen LogP contribution in [0.25, 0.3) is 0 Å². The largest absolute Gasteiger partial charge is 0.288 e. The highest BCUT2D eigenvalue weighted by Crippen LogP contribution is 2.30.